The molecule has 0 saturated carbocycles. The number of aryl methyl sites for hydroxylation is 1. The number of β-amino-alcohol motifs (C(OH)–C–C–N with tert-alkyl or cyclic N) is 1. The second-order valence-corrected chi connectivity index (χ2v) is 5.55. The van der Waals surface area contributed by atoms with E-state index < -0.39 is 5.60 Å². The van der Waals surface area contributed by atoms with Crippen molar-refractivity contribution in [1.29, 1.82) is 0 Å². The summed E-state index contributed by atoms with van der Waals surface area (Å²) in [5, 5.41) is 20.1. The van der Waals surface area contributed by atoms with Crippen LogP contribution in [0.2, 0.25) is 0 Å². The number of hydrogen-bond acceptors (Lipinski definition) is 3. The van der Waals surface area contributed by atoms with E-state index in [1.807, 2.05) is 12.1 Å². The molecule has 0 bridgehead atoms. The van der Waals surface area contributed by atoms with Crippen LogP contribution in [0.25, 0.3) is 0 Å². The Kier molecular flexibility index (Phi) is 4.05. The largest absolute Gasteiger partial charge is 0.392 e. The molecule has 0 spiro atoms. The smallest absolute Gasteiger partial charge is 0.0920 e. The lowest BCUT2D eigenvalue weighted by atomic mass is 9.84. The molecule has 0 amide bonds. The predicted octanol–water partition coefficient (Wildman–Crippen LogP) is 1.66. The number of aliphatic hydroxyl groups is 2. The first-order valence-corrected chi connectivity index (χ1v) is 6.69. The van der Waals surface area contributed by atoms with Crippen molar-refractivity contribution in [3.63, 3.8) is 0 Å². The summed E-state index contributed by atoms with van der Waals surface area (Å²) in [5.41, 5.74) is 1.54. The van der Waals surface area contributed by atoms with Crippen molar-refractivity contribution < 1.29 is 10.2 Å². The average molecular weight is 249 g/mol. The first kappa shape index (κ1) is 13.5. The van der Waals surface area contributed by atoms with Crippen molar-refractivity contribution >= 4 is 0 Å². The minimum absolute atomic E-state index is 0.296. The van der Waals surface area contributed by atoms with E-state index in [0.717, 1.165) is 31.5 Å². The zero-order valence-electron chi connectivity index (χ0n) is 11.3. The van der Waals surface area contributed by atoms with Crippen LogP contribution < -0.4 is 0 Å². The molecule has 2 N–H and O–H groups in total. The summed E-state index contributed by atoms with van der Waals surface area (Å²) in [5.74, 6) is 0. The van der Waals surface area contributed by atoms with E-state index in [1.54, 1.807) is 6.92 Å². The molecule has 3 heteroatoms. The molecule has 1 aliphatic rings. The van der Waals surface area contributed by atoms with Crippen LogP contribution in [-0.4, -0.2) is 40.9 Å². The summed E-state index contributed by atoms with van der Waals surface area (Å²) in [6, 6.07) is 8.16. The lowest BCUT2D eigenvalue weighted by Crippen LogP contribution is -2.44. The summed E-state index contributed by atoms with van der Waals surface area (Å²) in [6.07, 6.45) is 1.18. The van der Waals surface area contributed by atoms with Gasteiger partial charge in [0.15, 0.2) is 0 Å². The lowest BCUT2D eigenvalue weighted by Gasteiger charge is -2.39. The van der Waals surface area contributed by atoms with Crippen LogP contribution in [0.5, 0.6) is 0 Å². The van der Waals surface area contributed by atoms with Gasteiger partial charge < -0.3 is 15.1 Å². The maximum Gasteiger partial charge on any atom is 0.0920 e. The van der Waals surface area contributed by atoms with Gasteiger partial charge in [-0.25, -0.2) is 0 Å². The molecule has 1 fully saturated rings. The Bertz CT molecular complexity index is 378. The highest BCUT2D eigenvalue weighted by Gasteiger charge is 2.33. The molecule has 2 rings (SSSR count). The SMILES string of the molecule is Cc1ccc(C2(O)CCN(CC(C)O)CC2)cc1. The van der Waals surface area contributed by atoms with Gasteiger partial charge in [-0.1, -0.05) is 29.8 Å². The molecule has 0 radical (unpaired) electrons. The monoisotopic (exact) mass is 249 g/mol. The molecule has 1 unspecified atom stereocenters. The number of likely N-dealkylation sites (tertiary alicyclic amines) is 1. The van der Waals surface area contributed by atoms with Gasteiger partial charge in [-0.3, -0.25) is 0 Å². The highest BCUT2D eigenvalue weighted by atomic mass is 16.3. The highest BCUT2D eigenvalue weighted by Crippen LogP contribution is 2.32. The van der Waals surface area contributed by atoms with Crippen LogP contribution in [0.3, 0.4) is 0 Å². The molecule has 18 heavy (non-hydrogen) atoms. The van der Waals surface area contributed by atoms with E-state index in [1.165, 1.54) is 5.56 Å². The third-order valence-electron chi connectivity index (χ3n) is 3.79. The highest BCUT2D eigenvalue weighted by molar-refractivity contribution is 5.27. The number of nitrogens with zero attached hydrogens (tertiary/aromatic N) is 1. The zero-order chi connectivity index (χ0) is 13.2. The Morgan fingerprint density at radius 1 is 1.22 bits per heavy atom. The minimum Gasteiger partial charge on any atom is -0.392 e. The Hall–Kier alpha value is -0.900. The summed E-state index contributed by atoms with van der Waals surface area (Å²) >= 11 is 0. The summed E-state index contributed by atoms with van der Waals surface area (Å²) < 4.78 is 0. The molecule has 3 nitrogen and oxygen atoms in total. The Morgan fingerprint density at radius 3 is 2.28 bits per heavy atom. The van der Waals surface area contributed by atoms with Crippen molar-refractivity contribution in [2.24, 2.45) is 0 Å². The van der Waals surface area contributed by atoms with Crippen LogP contribution in [0.4, 0.5) is 0 Å². The third-order valence-corrected chi connectivity index (χ3v) is 3.79. The van der Waals surface area contributed by atoms with Gasteiger partial charge >= 0.3 is 0 Å². The fraction of sp³-hybridized carbons (Fsp3) is 0.600. The van der Waals surface area contributed by atoms with Gasteiger partial charge in [-0.05, 0) is 32.3 Å². The molecule has 1 heterocycles. The van der Waals surface area contributed by atoms with E-state index >= 15 is 0 Å². The van der Waals surface area contributed by atoms with Crippen molar-refractivity contribution in [3.8, 4) is 0 Å². The molecule has 1 aromatic carbocycles. The first-order valence-electron chi connectivity index (χ1n) is 6.69. The number of hydrogen-bond donors (Lipinski definition) is 2. The van der Waals surface area contributed by atoms with Gasteiger partial charge in [0, 0.05) is 19.6 Å². The van der Waals surface area contributed by atoms with E-state index in [0.29, 0.717) is 6.54 Å². The lowest BCUT2D eigenvalue weighted by molar-refractivity contribution is -0.0330. The molecule has 1 aliphatic heterocycles. The second kappa shape index (κ2) is 5.39. The maximum absolute atomic E-state index is 10.7. The molecule has 100 valence electrons. The number of piperidine rings is 1. The van der Waals surface area contributed by atoms with Gasteiger partial charge in [0.2, 0.25) is 0 Å². The van der Waals surface area contributed by atoms with Gasteiger partial charge in [-0.2, -0.15) is 0 Å². The summed E-state index contributed by atoms with van der Waals surface area (Å²) in [4.78, 5) is 2.22. The fourth-order valence-corrected chi connectivity index (χ4v) is 2.63. The molecular formula is C15H23NO2. The van der Waals surface area contributed by atoms with E-state index in [4.69, 9.17) is 0 Å². The maximum atomic E-state index is 10.7. The Balaban J connectivity index is 2.00. The van der Waals surface area contributed by atoms with E-state index in [2.05, 4.69) is 24.0 Å². The van der Waals surface area contributed by atoms with Crippen molar-refractivity contribution in [2.75, 3.05) is 19.6 Å². The van der Waals surface area contributed by atoms with Crippen LogP contribution in [-0.2, 0) is 5.60 Å². The minimum atomic E-state index is -0.692. The van der Waals surface area contributed by atoms with Gasteiger partial charge in [-0.15, -0.1) is 0 Å². The number of benzene rings is 1. The predicted molar refractivity (Wildman–Crippen MR) is 72.4 cm³/mol. The van der Waals surface area contributed by atoms with Gasteiger partial charge in [0.1, 0.15) is 0 Å². The standard InChI is InChI=1S/C15H23NO2/c1-12-3-5-14(6-4-12)15(18)7-9-16(10-8-15)11-13(2)17/h3-6,13,17-18H,7-11H2,1-2H3. The quantitative estimate of drug-likeness (QED) is 0.856. The normalized spacial score (nSPS) is 21.8. The molecule has 1 aromatic rings. The van der Waals surface area contributed by atoms with E-state index in [9.17, 15) is 10.2 Å². The van der Waals surface area contributed by atoms with Gasteiger partial charge in [0.05, 0.1) is 11.7 Å². The summed E-state index contributed by atoms with van der Waals surface area (Å²) in [6.45, 7) is 6.24. The third kappa shape index (κ3) is 3.10. The van der Waals surface area contributed by atoms with Crippen LogP contribution in [0.1, 0.15) is 30.9 Å². The summed E-state index contributed by atoms with van der Waals surface area (Å²) in [7, 11) is 0. The fourth-order valence-electron chi connectivity index (χ4n) is 2.63. The van der Waals surface area contributed by atoms with Crippen LogP contribution in [0.15, 0.2) is 24.3 Å². The number of aliphatic hydroxyl groups excluding tert-OH is 1. The molecule has 0 aromatic heterocycles. The number of rotatable bonds is 3. The first-order chi connectivity index (χ1) is 8.49. The second-order valence-electron chi connectivity index (χ2n) is 5.55. The topological polar surface area (TPSA) is 43.7 Å². The van der Waals surface area contributed by atoms with Crippen molar-refractivity contribution in [2.45, 2.75) is 38.4 Å². The van der Waals surface area contributed by atoms with E-state index in [-0.39, 0.29) is 6.10 Å². The Labute approximate surface area is 109 Å². The molecular weight excluding hydrogens is 226 g/mol. The van der Waals surface area contributed by atoms with Crippen molar-refractivity contribution in [1.82, 2.24) is 4.90 Å². The van der Waals surface area contributed by atoms with Gasteiger partial charge in [0.25, 0.3) is 0 Å². The van der Waals surface area contributed by atoms with Crippen LogP contribution in [0, 0.1) is 6.92 Å². The Morgan fingerprint density at radius 2 is 1.78 bits per heavy atom. The average Bonchev–Trinajstić information content (AvgIpc) is 2.32. The van der Waals surface area contributed by atoms with Crippen molar-refractivity contribution in [3.05, 3.63) is 35.4 Å². The van der Waals surface area contributed by atoms with Crippen LogP contribution >= 0.6 is 0 Å². The molecule has 1 saturated heterocycles. The molecule has 1 atom stereocenters. The molecule has 0 aliphatic carbocycles. The zero-order valence-corrected chi connectivity index (χ0v) is 11.3.